The maximum atomic E-state index is 4.70. The average molecular weight is 391 g/mol. The molecule has 156 valence electrons. The first-order valence-electron chi connectivity index (χ1n) is 12.3. The summed E-state index contributed by atoms with van der Waals surface area (Å²) < 4.78 is 0. The third-order valence-corrected chi connectivity index (χ3v) is 7.45. The van der Waals surface area contributed by atoms with Crippen molar-refractivity contribution in [1.82, 2.24) is 9.97 Å². The van der Waals surface area contributed by atoms with Gasteiger partial charge in [-0.25, -0.2) is 9.97 Å². The Balaban J connectivity index is 1.32. The van der Waals surface area contributed by atoms with Crippen molar-refractivity contribution in [1.29, 1.82) is 0 Å². The molecule has 0 spiro atoms. The number of rotatable bonds is 7. The molecule has 2 heteroatoms. The first-order chi connectivity index (χ1) is 14.3. The predicted molar refractivity (Wildman–Crippen MR) is 122 cm³/mol. The molecule has 1 aromatic heterocycles. The van der Waals surface area contributed by atoms with Crippen LogP contribution in [0.3, 0.4) is 0 Å². The second-order valence-electron chi connectivity index (χ2n) is 9.51. The van der Waals surface area contributed by atoms with Gasteiger partial charge in [-0.05, 0) is 67.4 Å². The van der Waals surface area contributed by atoms with E-state index in [4.69, 9.17) is 9.97 Å². The van der Waals surface area contributed by atoms with Gasteiger partial charge < -0.3 is 0 Å². The minimum Gasteiger partial charge on any atom is -0.236 e. The van der Waals surface area contributed by atoms with E-state index in [1.165, 1.54) is 94.6 Å². The van der Waals surface area contributed by atoms with Gasteiger partial charge in [-0.2, -0.15) is 0 Å². The van der Waals surface area contributed by atoms with Gasteiger partial charge in [-0.3, -0.25) is 0 Å². The van der Waals surface area contributed by atoms with Crippen LogP contribution >= 0.6 is 0 Å². The van der Waals surface area contributed by atoms with Crippen molar-refractivity contribution in [2.75, 3.05) is 0 Å². The molecule has 0 N–H and O–H groups in total. The molecule has 2 saturated carbocycles. The van der Waals surface area contributed by atoms with Crippen LogP contribution in [0.5, 0.6) is 0 Å². The Morgan fingerprint density at radius 2 is 1.38 bits per heavy atom. The van der Waals surface area contributed by atoms with Crippen LogP contribution in [0.4, 0.5) is 0 Å². The molecule has 0 aliphatic heterocycles. The number of hydrogen-bond donors (Lipinski definition) is 0. The summed E-state index contributed by atoms with van der Waals surface area (Å²) in [7, 11) is 0. The van der Waals surface area contributed by atoms with Gasteiger partial charge >= 0.3 is 0 Å². The third-order valence-electron chi connectivity index (χ3n) is 7.45. The largest absolute Gasteiger partial charge is 0.236 e. The predicted octanol–water partition coefficient (Wildman–Crippen LogP) is 8.05. The van der Waals surface area contributed by atoms with E-state index in [1.807, 2.05) is 0 Å². The number of aromatic nitrogens is 2. The summed E-state index contributed by atoms with van der Waals surface area (Å²) in [6, 6.07) is 9.13. The maximum Gasteiger partial charge on any atom is 0.159 e. The monoisotopic (exact) mass is 390 g/mol. The summed E-state index contributed by atoms with van der Waals surface area (Å²) >= 11 is 0. The smallest absolute Gasteiger partial charge is 0.159 e. The molecular weight excluding hydrogens is 352 g/mol. The normalized spacial score (nSPS) is 23.2. The van der Waals surface area contributed by atoms with Crippen molar-refractivity contribution in [2.24, 2.45) is 5.92 Å². The topological polar surface area (TPSA) is 25.8 Å². The lowest BCUT2D eigenvalue weighted by molar-refractivity contribution is 0.303. The van der Waals surface area contributed by atoms with Gasteiger partial charge in [0.25, 0.3) is 0 Å². The fourth-order valence-corrected chi connectivity index (χ4v) is 5.51. The van der Waals surface area contributed by atoms with Crippen LogP contribution in [-0.4, -0.2) is 9.97 Å². The molecule has 2 nitrogen and oxygen atoms in total. The maximum absolute atomic E-state index is 4.70. The second kappa shape index (κ2) is 10.4. The Hall–Kier alpha value is -1.70. The van der Waals surface area contributed by atoms with E-state index in [0.717, 1.165) is 23.2 Å². The van der Waals surface area contributed by atoms with E-state index >= 15 is 0 Å². The van der Waals surface area contributed by atoms with Gasteiger partial charge in [0.2, 0.25) is 0 Å². The Morgan fingerprint density at radius 1 is 0.724 bits per heavy atom. The van der Waals surface area contributed by atoms with Crippen LogP contribution in [0, 0.1) is 5.92 Å². The van der Waals surface area contributed by atoms with Gasteiger partial charge in [0.05, 0.1) is 0 Å². The molecule has 2 aliphatic carbocycles. The molecule has 2 aliphatic rings. The number of nitrogens with zero attached hydrogens (tertiary/aromatic N) is 2. The lowest BCUT2D eigenvalue weighted by Crippen LogP contribution is -2.13. The molecule has 0 bridgehead atoms. The van der Waals surface area contributed by atoms with Crippen LogP contribution in [0.1, 0.15) is 113 Å². The third kappa shape index (κ3) is 5.47. The number of benzene rings is 1. The molecule has 29 heavy (non-hydrogen) atoms. The highest BCUT2D eigenvalue weighted by molar-refractivity contribution is 5.55. The number of hydrogen-bond acceptors (Lipinski definition) is 2. The minimum atomic E-state index is 0.678. The minimum absolute atomic E-state index is 0.678. The van der Waals surface area contributed by atoms with Gasteiger partial charge in [0.15, 0.2) is 5.82 Å². The highest BCUT2D eigenvalue weighted by atomic mass is 14.9. The summed E-state index contributed by atoms with van der Waals surface area (Å²) in [5.74, 6) is 3.28. The van der Waals surface area contributed by atoms with Crippen LogP contribution in [0.15, 0.2) is 36.7 Å². The zero-order chi connectivity index (χ0) is 19.9. The van der Waals surface area contributed by atoms with Crippen molar-refractivity contribution < 1.29 is 0 Å². The Labute approximate surface area is 177 Å². The summed E-state index contributed by atoms with van der Waals surface area (Å²) in [4.78, 5) is 9.40. The first kappa shape index (κ1) is 20.6. The van der Waals surface area contributed by atoms with E-state index in [9.17, 15) is 0 Å². The fourth-order valence-electron chi connectivity index (χ4n) is 5.51. The van der Waals surface area contributed by atoms with Crippen molar-refractivity contribution in [2.45, 2.75) is 102 Å². The standard InChI is InChI=1S/C27H38N2/c1-2-3-5-8-21-11-13-23(14-12-21)24-15-17-25(18-16-24)27-28-19-26(20-29-27)22-9-6-4-7-10-22/h15-23H,2-14H2,1H3. The second-order valence-corrected chi connectivity index (χ2v) is 9.51. The van der Waals surface area contributed by atoms with Crippen LogP contribution in [-0.2, 0) is 0 Å². The quantitative estimate of drug-likeness (QED) is 0.447. The van der Waals surface area contributed by atoms with Gasteiger partial charge in [-0.1, -0.05) is 76.1 Å². The molecule has 1 aromatic carbocycles. The zero-order valence-electron chi connectivity index (χ0n) is 18.3. The average Bonchev–Trinajstić information content (AvgIpc) is 2.81. The molecule has 4 rings (SSSR count). The molecule has 1 heterocycles. The van der Waals surface area contributed by atoms with E-state index in [2.05, 4.69) is 43.6 Å². The molecule has 0 atom stereocenters. The van der Waals surface area contributed by atoms with Crippen LogP contribution in [0.2, 0.25) is 0 Å². The zero-order valence-corrected chi connectivity index (χ0v) is 18.3. The molecule has 0 amide bonds. The van der Waals surface area contributed by atoms with E-state index in [0.29, 0.717) is 5.92 Å². The van der Waals surface area contributed by atoms with Crippen molar-refractivity contribution in [3.8, 4) is 11.4 Å². The number of unbranched alkanes of at least 4 members (excludes halogenated alkanes) is 2. The lowest BCUT2D eigenvalue weighted by Gasteiger charge is -2.29. The van der Waals surface area contributed by atoms with Gasteiger partial charge in [0, 0.05) is 18.0 Å². The fraction of sp³-hybridized carbons (Fsp3) is 0.630. The summed E-state index contributed by atoms with van der Waals surface area (Å²) in [6.07, 6.45) is 22.1. The Kier molecular flexibility index (Phi) is 7.35. The summed E-state index contributed by atoms with van der Waals surface area (Å²) in [6.45, 7) is 2.30. The van der Waals surface area contributed by atoms with Crippen LogP contribution in [0.25, 0.3) is 11.4 Å². The highest BCUT2D eigenvalue weighted by Gasteiger charge is 2.22. The van der Waals surface area contributed by atoms with Crippen molar-refractivity contribution in [3.63, 3.8) is 0 Å². The van der Waals surface area contributed by atoms with Crippen LogP contribution < -0.4 is 0 Å². The molecule has 0 radical (unpaired) electrons. The SMILES string of the molecule is CCCCCC1CCC(c2ccc(-c3ncc(C4CCCCC4)cn3)cc2)CC1. The van der Waals surface area contributed by atoms with Crippen molar-refractivity contribution in [3.05, 3.63) is 47.8 Å². The summed E-state index contributed by atoms with van der Waals surface area (Å²) in [5, 5.41) is 0. The Bertz CT molecular complexity index is 720. The van der Waals surface area contributed by atoms with Gasteiger partial charge in [-0.15, -0.1) is 0 Å². The Morgan fingerprint density at radius 3 is 2.03 bits per heavy atom. The first-order valence-corrected chi connectivity index (χ1v) is 12.3. The molecule has 2 aromatic rings. The lowest BCUT2D eigenvalue weighted by atomic mass is 9.77. The highest BCUT2D eigenvalue weighted by Crippen LogP contribution is 2.38. The van der Waals surface area contributed by atoms with E-state index in [-0.39, 0.29) is 0 Å². The molecular formula is C27H38N2. The van der Waals surface area contributed by atoms with Crippen molar-refractivity contribution >= 4 is 0 Å². The van der Waals surface area contributed by atoms with E-state index < -0.39 is 0 Å². The van der Waals surface area contributed by atoms with Gasteiger partial charge in [0.1, 0.15) is 0 Å². The molecule has 0 unspecified atom stereocenters. The van der Waals surface area contributed by atoms with E-state index in [1.54, 1.807) is 0 Å². The molecule has 2 fully saturated rings. The molecule has 0 saturated heterocycles. The summed E-state index contributed by atoms with van der Waals surface area (Å²) in [5.41, 5.74) is 4.00.